The second-order valence-corrected chi connectivity index (χ2v) is 54.5. The van der Waals surface area contributed by atoms with Crippen molar-refractivity contribution in [2.75, 3.05) is 135 Å². The zero-order valence-corrected chi connectivity index (χ0v) is 94.4. The van der Waals surface area contributed by atoms with Gasteiger partial charge in [-0.3, -0.25) is 9.59 Å². The van der Waals surface area contributed by atoms with Crippen LogP contribution >= 0.6 is 0 Å². The van der Waals surface area contributed by atoms with E-state index in [4.69, 9.17) is 47.4 Å². The third-order valence-corrected chi connectivity index (χ3v) is 45.4. The van der Waals surface area contributed by atoms with Crippen molar-refractivity contribution in [1.82, 2.24) is 19.6 Å². The number of carbonyl (C=O) groups is 3. The maximum absolute atomic E-state index is 12.3. The van der Waals surface area contributed by atoms with Crippen molar-refractivity contribution in [2.45, 2.75) is 394 Å². The van der Waals surface area contributed by atoms with E-state index in [0.717, 1.165) is 224 Å². The Balaban J connectivity index is 0.000000136. The Kier molecular flexibility index (Phi) is 36.3. The van der Waals surface area contributed by atoms with E-state index < -0.39 is 23.1 Å². The molecule has 19 aliphatic rings. The predicted molar refractivity (Wildman–Crippen MR) is 568 cm³/mol. The maximum atomic E-state index is 12.3. The molecule has 4 heterocycles. The first-order chi connectivity index (χ1) is 68.0. The van der Waals surface area contributed by atoms with E-state index in [0.29, 0.717) is 118 Å². The molecule has 4 spiro atoms. The zero-order valence-electron chi connectivity index (χ0n) is 94.4. The number of fused-ring (bicyclic) bond motifs is 9. The Hall–Kier alpha value is -3.37. The number of aliphatic hydroxyl groups is 5. The van der Waals surface area contributed by atoms with Gasteiger partial charge in [-0.2, -0.15) is 0 Å². The molecular weight excluding hydrogens is 1810 g/mol. The van der Waals surface area contributed by atoms with E-state index in [2.05, 4.69) is 221 Å². The summed E-state index contributed by atoms with van der Waals surface area (Å²) in [6.07, 6.45) is 54.8. The lowest BCUT2D eigenvalue weighted by atomic mass is 9.51. The second kappa shape index (κ2) is 45.6. The molecule has 22 nitrogen and oxygen atoms in total. The monoisotopic (exact) mass is 2010 g/mol. The highest BCUT2D eigenvalue weighted by molar-refractivity contribution is 5.67. The van der Waals surface area contributed by atoms with Crippen LogP contribution in [-0.2, 0) is 61.8 Å². The molecular formula is C122H204N4O18. The summed E-state index contributed by atoms with van der Waals surface area (Å²) in [7, 11) is 16.8. The van der Waals surface area contributed by atoms with Crippen molar-refractivity contribution in [3.05, 3.63) is 60.8 Å². The van der Waals surface area contributed by atoms with Crippen LogP contribution in [0, 0.1) is 161 Å². The summed E-state index contributed by atoms with van der Waals surface area (Å²) in [5.41, 5.74) is 1.43. The van der Waals surface area contributed by atoms with Crippen LogP contribution < -0.4 is 0 Å². The lowest BCUT2D eigenvalue weighted by molar-refractivity contribution is -0.252. The molecule has 0 aromatic rings. The van der Waals surface area contributed by atoms with Crippen LogP contribution in [0.25, 0.3) is 0 Å². The van der Waals surface area contributed by atoms with Gasteiger partial charge in [-0.1, -0.05) is 170 Å². The summed E-state index contributed by atoms with van der Waals surface area (Å²) >= 11 is 0. The molecule has 4 saturated heterocycles. The molecule has 0 aromatic heterocycles. The van der Waals surface area contributed by atoms with E-state index >= 15 is 0 Å². The molecule has 15 saturated carbocycles. The largest absolute Gasteiger partial charge is 0.462 e. The summed E-state index contributed by atoms with van der Waals surface area (Å²) in [6.45, 7) is 47.2. The lowest BCUT2D eigenvalue weighted by Crippen LogP contribution is -2.58. The molecule has 144 heavy (non-hydrogen) atoms. The summed E-state index contributed by atoms with van der Waals surface area (Å²) in [6, 6.07) is 0. The van der Waals surface area contributed by atoms with Crippen molar-refractivity contribution >= 4 is 18.2 Å². The van der Waals surface area contributed by atoms with Crippen molar-refractivity contribution in [3.8, 4) is 0 Å². The van der Waals surface area contributed by atoms with Crippen LogP contribution in [0.1, 0.15) is 329 Å². The number of nitrogens with zero attached hydrogens (tertiary/aromatic N) is 4. The number of aldehydes is 1. The van der Waals surface area contributed by atoms with Crippen LogP contribution in [-0.4, -0.2) is 265 Å². The van der Waals surface area contributed by atoms with Gasteiger partial charge in [0.2, 0.25) is 0 Å². The highest BCUT2D eigenvalue weighted by Crippen LogP contribution is 2.72. The van der Waals surface area contributed by atoms with Gasteiger partial charge in [-0.25, -0.2) is 0 Å². The molecule has 15 aliphatic carbocycles. The minimum Gasteiger partial charge on any atom is -0.462 e. The van der Waals surface area contributed by atoms with E-state index in [1.54, 1.807) is 6.92 Å². The summed E-state index contributed by atoms with van der Waals surface area (Å²) in [4.78, 5) is 45.2. The second-order valence-electron chi connectivity index (χ2n) is 54.5. The smallest absolute Gasteiger partial charge is 0.302 e. The van der Waals surface area contributed by atoms with Crippen LogP contribution in [0.15, 0.2) is 60.8 Å². The number of hydrogen-bond donors (Lipinski definition) is 5. The zero-order chi connectivity index (χ0) is 104. The van der Waals surface area contributed by atoms with Gasteiger partial charge in [0.1, 0.15) is 18.5 Å². The lowest BCUT2D eigenvalue weighted by Gasteiger charge is -2.57. The fourth-order valence-electron chi connectivity index (χ4n) is 36.0. The first-order valence-electron chi connectivity index (χ1n) is 58.2. The molecule has 19 fully saturated rings. The summed E-state index contributed by atoms with van der Waals surface area (Å²) in [5.74, 6) is 4.57. The van der Waals surface area contributed by atoms with Crippen molar-refractivity contribution in [1.29, 1.82) is 0 Å². The molecule has 22 heteroatoms. The van der Waals surface area contributed by atoms with Crippen LogP contribution in [0.3, 0.4) is 0 Å². The van der Waals surface area contributed by atoms with Crippen LogP contribution in [0.5, 0.6) is 0 Å². The van der Waals surface area contributed by atoms with Crippen molar-refractivity contribution in [2.24, 2.45) is 161 Å². The third kappa shape index (κ3) is 21.7. The normalized spacial score (nSPS) is 46.5. The number of hydrogen-bond acceptors (Lipinski definition) is 22. The van der Waals surface area contributed by atoms with Crippen molar-refractivity contribution < 1.29 is 87.3 Å². The molecule has 19 rings (SSSR count). The van der Waals surface area contributed by atoms with Gasteiger partial charge in [0.25, 0.3) is 0 Å². The highest BCUT2D eigenvalue weighted by Gasteiger charge is 2.73. The molecule has 0 aromatic carbocycles. The van der Waals surface area contributed by atoms with Gasteiger partial charge in [0.05, 0.1) is 83.4 Å². The minimum atomic E-state index is -0.521. The number of rotatable bonds is 20. The van der Waals surface area contributed by atoms with Gasteiger partial charge < -0.3 is 97.3 Å². The molecule has 35 atom stereocenters. The van der Waals surface area contributed by atoms with E-state index in [-0.39, 0.29) is 138 Å². The van der Waals surface area contributed by atoms with Gasteiger partial charge in [-0.15, -0.1) is 0 Å². The Labute approximate surface area is 871 Å². The number of allylic oxidation sites excluding steroid dienone is 5. The Morgan fingerprint density at radius 1 is 0.319 bits per heavy atom. The Morgan fingerprint density at radius 3 is 0.875 bits per heavy atom. The Morgan fingerprint density at radius 2 is 0.569 bits per heavy atom. The standard InChI is InChI=1S/C27H45NO4.C25H43NO3.C24H41NO4.C23H39NO2.C23H36O5/c1-19-9-12-25(3,21(18-19)8-7-15-28(5)6)22-10-13-26(4)23(24(22)32-20(2)29)11-14-27(26)30-16-17-31-27;1-18-8-11-23(2,19(17-18)7-6-14-26(4)5)20-9-12-24(3)21(22(20)27)10-13-25(24)28-15-16-29-25;1-22(10-7-18(26)16-17(22)6-5-13-25(3)4)19-8-11-23(2)20(21(19)27)9-12-24(23)28-14-15-29-24;1-16-8-9-19-21(26)20(11-13-22(16,19)2)23(3)12-10-18(25)15-17(23)7-6-14-24(4)5;1-15-5-8-21(3,17(13-15)14-24)18-6-9-22(4)19(20(18)28-16(2)25)7-10-23(22)26-11-12-27-23/h7-8,19,21-24H,9-18H2,1-6H3;6-7,18-22,27H,8-17H2,1-5H3;5-6,17-21,26-27H,7-16H2,1-4H3;6-7,17-21,25-26H,1,8-15H2,2-5H3;14-15,17-20H,5-13H2,1-4H3/b8-7-;7-6-;6-5-;7-6-;/t19-,21-,22?,23?,24+,25-,26-;18-,19-,20?,21?,22+,23-,24-;17-,18-,19?,20?,21+,22-,23-;17-,18-,19?,20?,21-,22+,23-;15-,17+,18?,19?,20+,21-,22-/m00000/s1. The fourth-order valence-corrected chi connectivity index (χ4v) is 36.0. The van der Waals surface area contributed by atoms with Gasteiger partial charge in [0, 0.05) is 117 Å². The number of aliphatic hydroxyl groups excluding tert-OH is 5. The van der Waals surface area contributed by atoms with Gasteiger partial charge >= 0.3 is 11.9 Å². The Bertz CT molecular complexity index is 4270. The molecule has 4 aliphatic heterocycles. The third-order valence-electron chi connectivity index (χ3n) is 45.4. The van der Waals surface area contributed by atoms with Crippen LogP contribution in [0.2, 0.25) is 0 Å². The molecule has 5 N–H and O–H groups in total. The fraction of sp³-hybridized carbons (Fsp3) is 0.893. The first kappa shape index (κ1) is 115. The summed E-state index contributed by atoms with van der Waals surface area (Å²) < 4.78 is 61.9. The first-order valence-corrected chi connectivity index (χ1v) is 58.2. The van der Waals surface area contributed by atoms with Gasteiger partial charge in [0.15, 0.2) is 23.1 Å². The van der Waals surface area contributed by atoms with E-state index in [1.165, 1.54) is 57.3 Å². The molecule has 0 amide bonds. The topological polar surface area (TPSA) is 258 Å². The predicted octanol–water partition coefficient (Wildman–Crippen LogP) is 20.9. The highest BCUT2D eigenvalue weighted by atomic mass is 16.8. The quantitative estimate of drug-likeness (QED) is 0.0431. The maximum Gasteiger partial charge on any atom is 0.302 e. The van der Waals surface area contributed by atoms with E-state index in [9.17, 15) is 39.9 Å². The SMILES string of the molecule is C=C1CCC2[C@H](O)C([C@@]3(C)CC[C@H](O)C[C@@H]3/C=C\CN(C)C)CC[C@]12C.CC(=O)O[C@H]1C2CCC3(OCCO3)[C@@]2(C)CCC1[C@@]1(C)CC[C@H](C)C[C@@H]1/C=C\CN(C)C.CC(=O)O[C@H]1C2CCC3(OCCO3)[C@@]2(C)CCC1[C@@]1(C)CC[C@H](C)C[C@@H]1C=O.CN(C)C/C=C\[C@H]1C[C@@H](O)CC[C@]1(C)C1CC[C@@]2(C)C(CCC23OCCO3)[C@@H]1O.C[C@H]1CC[C@](C)(C2CC[C@@]3(C)C(CCC34OCCO4)[C@@H]2O)[C@@H](/C=C\CN(C)C)C1. The minimum absolute atomic E-state index is 0.0237. The number of ether oxygens (including phenoxy) is 10. The average Bonchev–Trinajstić information content (AvgIpc) is 1.56. The number of carbonyl (C=O) groups excluding carboxylic acids is 3. The van der Waals surface area contributed by atoms with E-state index in [1.807, 2.05) is 0 Å². The molecule has 10 unspecified atom stereocenters. The molecule has 820 valence electrons. The van der Waals surface area contributed by atoms with Crippen molar-refractivity contribution in [3.63, 3.8) is 0 Å². The average molecular weight is 2010 g/mol. The van der Waals surface area contributed by atoms with Crippen LogP contribution in [0.4, 0.5) is 0 Å². The number of esters is 2. The summed E-state index contributed by atoms with van der Waals surface area (Å²) in [5, 5.41) is 55.4. The molecule has 0 bridgehead atoms. The number of likely N-dealkylation sites (N-methyl/N-ethyl adjacent to an activating group) is 4. The van der Waals surface area contributed by atoms with Gasteiger partial charge in [-0.05, 0) is 346 Å². The molecule has 0 radical (unpaired) electrons.